The summed E-state index contributed by atoms with van der Waals surface area (Å²) in [4.78, 5) is 12.0. The Balaban J connectivity index is 2.53. The van der Waals surface area contributed by atoms with Crippen molar-refractivity contribution in [1.82, 2.24) is 14.5 Å². The maximum Gasteiger partial charge on any atom is 0.287 e. The first-order chi connectivity index (χ1) is 9.85. The SMILES string of the molecule is CCCCn1ncc(NCCCNS(C)(=O)=O)c(Cl)c1=O. The molecule has 0 saturated heterocycles. The summed E-state index contributed by atoms with van der Waals surface area (Å²) in [6, 6.07) is 0. The van der Waals surface area contributed by atoms with Gasteiger partial charge in [-0.2, -0.15) is 5.10 Å². The van der Waals surface area contributed by atoms with Crippen LogP contribution < -0.4 is 15.6 Å². The molecule has 120 valence electrons. The van der Waals surface area contributed by atoms with Crippen molar-refractivity contribution in [2.24, 2.45) is 0 Å². The molecule has 0 aliphatic rings. The molecule has 0 radical (unpaired) electrons. The van der Waals surface area contributed by atoms with Crippen LogP contribution in [-0.4, -0.2) is 37.5 Å². The molecule has 0 aliphatic carbocycles. The largest absolute Gasteiger partial charge is 0.382 e. The average Bonchev–Trinajstić information content (AvgIpc) is 2.41. The van der Waals surface area contributed by atoms with E-state index >= 15 is 0 Å². The van der Waals surface area contributed by atoms with E-state index < -0.39 is 10.0 Å². The molecule has 0 aliphatic heterocycles. The normalized spacial score (nSPS) is 11.6. The van der Waals surface area contributed by atoms with Crippen LogP contribution in [0.15, 0.2) is 11.0 Å². The molecule has 0 bridgehead atoms. The number of anilines is 1. The van der Waals surface area contributed by atoms with Crippen LogP contribution in [0.2, 0.25) is 5.02 Å². The summed E-state index contributed by atoms with van der Waals surface area (Å²) < 4.78 is 25.5. The minimum Gasteiger partial charge on any atom is -0.382 e. The van der Waals surface area contributed by atoms with Gasteiger partial charge in [-0.3, -0.25) is 4.79 Å². The van der Waals surface area contributed by atoms with Gasteiger partial charge in [-0.1, -0.05) is 24.9 Å². The van der Waals surface area contributed by atoms with Crippen LogP contribution in [-0.2, 0) is 16.6 Å². The Morgan fingerprint density at radius 3 is 2.67 bits per heavy atom. The van der Waals surface area contributed by atoms with E-state index in [0.717, 1.165) is 19.1 Å². The third-order valence-corrected chi connectivity index (χ3v) is 3.84. The van der Waals surface area contributed by atoms with Gasteiger partial charge in [-0.15, -0.1) is 0 Å². The summed E-state index contributed by atoms with van der Waals surface area (Å²) in [5, 5.41) is 7.15. The van der Waals surface area contributed by atoms with E-state index in [9.17, 15) is 13.2 Å². The number of rotatable bonds is 9. The Bertz CT molecular complexity index is 615. The van der Waals surface area contributed by atoms with Crippen LogP contribution >= 0.6 is 11.6 Å². The van der Waals surface area contributed by atoms with Gasteiger partial charge in [0.15, 0.2) is 0 Å². The molecule has 0 fully saturated rings. The van der Waals surface area contributed by atoms with E-state index in [-0.39, 0.29) is 10.6 Å². The Labute approximate surface area is 129 Å². The minimum atomic E-state index is -3.17. The first-order valence-corrected chi connectivity index (χ1v) is 9.06. The topological polar surface area (TPSA) is 93.1 Å². The zero-order valence-electron chi connectivity index (χ0n) is 12.2. The maximum absolute atomic E-state index is 12.0. The van der Waals surface area contributed by atoms with Gasteiger partial charge in [0.25, 0.3) is 5.56 Å². The third kappa shape index (κ3) is 6.45. The number of aryl methyl sites for hydroxylation is 1. The van der Waals surface area contributed by atoms with Gasteiger partial charge < -0.3 is 5.32 Å². The minimum absolute atomic E-state index is 0.108. The number of nitrogens with zero attached hydrogens (tertiary/aromatic N) is 2. The van der Waals surface area contributed by atoms with Crippen molar-refractivity contribution in [3.63, 3.8) is 0 Å². The molecule has 9 heteroatoms. The first kappa shape index (κ1) is 17.9. The van der Waals surface area contributed by atoms with Crippen molar-refractivity contribution in [3.8, 4) is 0 Å². The molecule has 7 nitrogen and oxygen atoms in total. The maximum atomic E-state index is 12.0. The third-order valence-electron chi connectivity index (χ3n) is 2.74. The lowest BCUT2D eigenvalue weighted by molar-refractivity contribution is 0.543. The molecular weight excluding hydrogens is 316 g/mol. The highest BCUT2D eigenvalue weighted by Crippen LogP contribution is 2.15. The van der Waals surface area contributed by atoms with Gasteiger partial charge in [0, 0.05) is 19.6 Å². The van der Waals surface area contributed by atoms with E-state index in [1.165, 1.54) is 10.9 Å². The summed E-state index contributed by atoms with van der Waals surface area (Å²) >= 11 is 6.02. The highest BCUT2D eigenvalue weighted by molar-refractivity contribution is 7.88. The molecular formula is C12H21ClN4O3S. The molecule has 1 aromatic heterocycles. The fourth-order valence-electron chi connectivity index (χ4n) is 1.62. The van der Waals surface area contributed by atoms with Gasteiger partial charge in [-0.25, -0.2) is 17.8 Å². The fourth-order valence-corrected chi connectivity index (χ4v) is 2.35. The lowest BCUT2D eigenvalue weighted by Gasteiger charge is -2.10. The first-order valence-electron chi connectivity index (χ1n) is 6.79. The van der Waals surface area contributed by atoms with Crippen molar-refractivity contribution in [3.05, 3.63) is 21.6 Å². The Morgan fingerprint density at radius 2 is 2.05 bits per heavy atom. The van der Waals surface area contributed by atoms with E-state index in [2.05, 4.69) is 15.1 Å². The molecule has 0 unspecified atom stereocenters. The molecule has 0 amide bonds. The summed E-state index contributed by atoms with van der Waals surface area (Å²) in [6.07, 6.45) is 5.04. The Kier molecular flexibility index (Phi) is 7.13. The van der Waals surface area contributed by atoms with Crippen molar-refractivity contribution >= 4 is 27.3 Å². The molecule has 0 aromatic carbocycles. The molecule has 1 aromatic rings. The molecule has 0 saturated carbocycles. The average molecular weight is 337 g/mol. The van der Waals surface area contributed by atoms with Crippen LogP contribution in [0, 0.1) is 0 Å². The number of hydrogen-bond acceptors (Lipinski definition) is 5. The van der Waals surface area contributed by atoms with Gasteiger partial charge in [0.1, 0.15) is 5.02 Å². The zero-order chi connectivity index (χ0) is 15.9. The van der Waals surface area contributed by atoms with Crippen molar-refractivity contribution in [1.29, 1.82) is 0 Å². The quantitative estimate of drug-likeness (QED) is 0.657. The molecule has 1 heterocycles. The highest BCUT2D eigenvalue weighted by Gasteiger charge is 2.08. The second kappa shape index (κ2) is 8.35. The summed E-state index contributed by atoms with van der Waals surface area (Å²) in [6.45, 7) is 3.40. The van der Waals surface area contributed by atoms with Gasteiger partial charge in [0.05, 0.1) is 18.1 Å². The second-order valence-corrected chi connectivity index (χ2v) is 6.91. The van der Waals surface area contributed by atoms with Crippen molar-refractivity contribution in [2.75, 3.05) is 24.7 Å². The molecule has 2 N–H and O–H groups in total. The smallest absolute Gasteiger partial charge is 0.287 e. The van der Waals surface area contributed by atoms with Crippen LogP contribution in [0.25, 0.3) is 0 Å². The molecule has 21 heavy (non-hydrogen) atoms. The van der Waals surface area contributed by atoms with E-state index in [0.29, 0.717) is 31.7 Å². The highest BCUT2D eigenvalue weighted by atomic mass is 35.5. The zero-order valence-corrected chi connectivity index (χ0v) is 13.8. The summed E-state index contributed by atoms with van der Waals surface area (Å²) in [5.41, 5.74) is 0.151. The van der Waals surface area contributed by atoms with Crippen LogP contribution in [0.5, 0.6) is 0 Å². The van der Waals surface area contributed by atoms with Gasteiger partial charge in [-0.05, 0) is 12.8 Å². The van der Waals surface area contributed by atoms with E-state index in [1.807, 2.05) is 6.92 Å². The number of nitrogens with one attached hydrogen (secondary N) is 2. The standard InChI is InChI=1S/C12H21ClN4O3S/c1-3-4-8-17-12(18)11(13)10(9-15-17)14-6-5-7-16-21(2,19)20/h9,14,16H,3-8H2,1-2H3. The summed E-state index contributed by atoms with van der Waals surface area (Å²) in [5.74, 6) is 0. The number of aromatic nitrogens is 2. The lowest BCUT2D eigenvalue weighted by atomic mass is 10.3. The van der Waals surface area contributed by atoms with Crippen molar-refractivity contribution < 1.29 is 8.42 Å². The van der Waals surface area contributed by atoms with E-state index in [1.54, 1.807) is 0 Å². The Morgan fingerprint density at radius 1 is 1.33 bits per heavy atom. The number of halogens is 1. The summed E-state index contributed by atoms with van der Waals surface area (Å²) in [7, 11) is -3.17. The monoisotopic (exact) mass is 336 g/mol. The number of unbranched alkanes of at least 4 members (excludes halogenated alkanes) is 1. The van der Waals surface area contributed by atoms with Gasteiger partial charge >= 0.3 is 0 Å². The van der Waals surface area contributed by atoms with Crippen LogP contribution in [0.4, 0.5) is 5.69 Å². The fraction of sp³-hybridized carbons (Fsp3) is 0.667. The molecule has 1 rings (SSSR count). The van der Waals surface area contributed by atoms with E-state index in [4.69, 9.17) is 11.6 Å². The molecule has 0 atom stereocenters. The van der Waals surface area contributed by atoms with Crippen molar-refractivity contribution in [2.45, 2.75) is 32.7 Å². The predicted molar refractivity (Wildman–Crippen MR) is 84.4 cm³/mol. The van der Waals surface area contributed by atoms with Crippen LogP contribution in [0.1, 0.15) is 26.2 Å². The predicted octanol–water partition coefficient (Wildman–Crippen LogP) is 1.05. The van der Waals surface area contributed by atoms with Gasteiger partial charge in [0.2, 0.25) is 10.0 Å². The number of sulfonamides is 1. The lowest BCUT2D eigenvalue weighted by Crippen LogP contribution is -2.26. The Hall–Kier alpha value is -1.12. The molecule has 0 spiro atoms. The number of hydrogen-bond donors (Lipinski definition) is 2. The van der Waals surface area contributed by atoms with Crippen LogP contribution in [0.3, 0.4) is 0 Å². The second-order valence-electron chi connectivity index (χ2n) is 4.70.